The quantitative estimate of drug-likeness (QED) is 0.810. The summed E-state index contributed by atoms with van der Waals surface area (Å²) in [5.41, 5.74) is 0.809. The molecule has 1 saturated heterocycles. The Hall–Kier alpha value is -1.37. The van der Waals surface area contributed by atoms with Gasteiger partial charge in [-0.25, -0.2) is 8.42 Å². The summed E-state index contributed by atoms with van der Waals surface area (Å²) in [4.78, 5) is 14.7. The van der Waals surface area contributed by atoms with Gasteiger partial charge in [-0.05, 0) is 30.5 Å². The maximum atomic E-state index is 12.6. The van der Waals surface area contributed by atoms with Gasteiger partial charge in [-0.2, -0.15) is 0 Å². The lowest BCUT2D eigenvalue weighted by Crippen LogP contribution is -2.42. The van der Waals surface area contributed by atoms with E-state index < -0.39 is 9.84 Å². The summed E-state index contributed by atoms with van der Waals surface area (Å²) in [6, 6.07) is 12.6. The number of piperidine rings is 1. The molecule has 1 amide bonds. The van der Waals surface area contributed by atoms with Crippen LogP contribution >= 0.6 is 22.9 Å². The van der Waals surface area contributed by atoms with Crippen LogP contribution in [0.3, 0.4) is 0 Å². The van der Waals surface area contributed by atoms with Gasteiger partial charge in [0, 0.05) is 13.1 Å². The van der Waals surface area contributed by atoms with Gasteiger partial charge in [-0.3, -0.25) is 4.79 Å². The molecule has 0 spiro atoms. The third kappa shape index (κ3) is 3.99. The predicted molar refractivity (Wildman–Crippen MR) is 97.3 cm³/mol. The second kappa shape index (κ2) is 7.25. The van der Waals surface area contributed by atoms with Crippen molar-refractivity contribution < 1.29 is 13.2 Å². The highest BCUT2D eigenvalue weighted by Crippen LogP contribution is 2.26. The number of nitrogens with zero attached hydrogens (tertiary/aromatic N) is 1. The monoisotopic (exact) mass is 383 g/mol. The van der Waals surface area contributed by atoms with Crippen LogP contribution in [0.25, 0.3) is 0 Å². The lowest BCUT2D eigenvalue weighted by Gasteiger charge is -2.31. The highest BCUT2D eigenvalue weighted by atomic mass is 35.5. The van der Waals surface area contributed by atoms with Crippen LogP contribution < -0.4 is 0 Å². The van der Waals surface area contributed by atoms with Gasteiger partial charge in [0.1, 0.15) is 0 Å². The van der Waals surface area contributed by atoms with Crippen molar-refractivity contribution in [2.24, 2.45) is 0 Å². The van der Waals surface area contributed by atoms with Crippen LogP contribution in [0.5, 0.6) is 0 Å². The number of halogens is 1. The fourth-order valence-electron chi connectivity index (χ4n) is 2.93. The third-order valence-corrected chi connectivity index (χ3v) is 7.67. The Balaban J connectivity index is 1.61. The Morgan fingerprint density at radius 2 is 1.79 bits per heavy atom. The van der Waals surface area contributed by atoms with Crippen molar-refractivity contribution in [3.63, 3.8) is 0 Å². The van der Waals surface area contributed by atoms with E-state index in [1.807, 2.05) is 30.3 Å². The average molecular weight is 384 g/mol. The zero-order valence-corrected chi connectivity index (χ0v) is 15.4. The number of sulfone groups is 1. The molecule has 0 atom stereocenters. The molecule has 7 heteroatoms. The highest BCUT2D eigenvalue weighted by molar-refractivity contribution is 7.91. The van der Waals surface area contributed by atoms with Crippen molar-refractivity contribution in [3.8, 4) is 0 Å². The van der Waals surface area contributed by atoms with Crippen LogP contribution in [0, 0.1) is 0 Å². The normalized spacial score (nSPS) is 16.3. The molecule has 2 heterocycles. The molecule has 1 aromatic heterocycles. The first-order valence-electron chi connectivity index (χ1n) is 7.76. The summed E-state index contributed by atoms with van der Waals surface area (Å²) >= 11 is 7.13. The molecule has 3 rings (SSSR count). The minimum absolute atomic E-state index is 0.0625. The molecular weight excluding hydrogens is 366 g/mol. The molecule has 1 fully saturated rings. The summed E-state index contributed by atoms with van der Waals surface area (Å²) in [5.74, 6) is -0.00158. The molecule has 4 nitrogen and oxygen atoms in total. The van der Waals surface area contributed by atoms with Crippen molar-refractivity contribution in [3.05, 3.63) is 57.2 Å². The Morgan fingerprint density at radius 3 is 2.38 bits per heavy atom. The van der Waals surface area contributed by atoms with Crippen LogP contribution in [-0.2, 0) is 15.6 Å². The standard InChI is InChI=1S/C17H18ClNO3S2/c18-16-7-6-15(23-16)17(20)19-10-8-14(9-11-19)24(21,22)12-13-4-2-1-3-5-13/h1-7,14H,8-12H2. The van der Waals surface area contributed by atoms with Crippen molar-refractivity contribution >= 4 is 38.7 Å². The Labute approximate surface area is 151 Å². The lowest BCUT2D eigenvalue weighted by molar-refractivity contribution is 0.0730. The number of amides is 1. The van der Waals surface area contributed by atoms with E-state index in [0.29, 0.717) is 35.1 Å². The van der Waals surface area contributed by atoms with Gasteiger partial charge in [0.05, 0.1) is 20.2 Å². The SMILES string of the molecule is O=C(c1ccc(Cl)s1)N1CCC(S(=O)(=O)Cc2ccccc2)CC1. The summed E-state index contributed by atoms with van der Waals surface area (Å²) < 4.78 is 25.8. The van der Waals surface area contributed by atoms with Crippen LogP contribution in [-0.4, -0.2) is 37.6 Å². The average Bonchev–Trinajstić information content (AvgIpc) is 3.01. The number of hydrogen-bond acceptors (Lipinski definition) is 4. The van der Waals surface area contributed by atoms with Gasteiger partial charge in [0.25, 0.3) is 5.91 Å². The van der Waals surface area contributed by atoms with E-state index in [1.165, 1.54) is 11.3 Å². The van der Waals surface area contributed by atoms with Crippen LogP contribution in [0.15, 0.2) is 42.5 Å². The van der Waals surface area contributed by atoms with Crippen LogP contribution in [0.1, 0.15) is 28.1 Å². The first-order chi connectivity index (χ1) is 11.5. The molecule has 128 valence electrons. The third-order valence-electron chi connectivity index (χ3n) is 4.23. The molecule has 24 heavy (non-hydrogen) atoms. The summed E-state index contributed by atoms with van der Waals surface area (Å²) in [6.07, 6.45) is 0.972. The van der Waals surface area contributed by atoms with Gasteiger partial charge < -0.3 is 4.90 Å². The Kier molecular flexibility index (Phi) is 5.27. The van der Waals surface area contributed by atoms with Gasteiger partial charge in [-0.15, -0.1) is 11.3 Å². The minimum Gasteiger partial charge on any atom is -0.338 e. The first kappa shape index (κ1) is 17.5. The van der Waals surface area contributed by atoms with Gasteiger partial charge in [0.15, 0.2) is 9.84 Å². The molecule has 1 aliphatic heterocycles. The molecule has 0 unspecified atom stereocenters. The Bertz CT molecular complexity index is 809. The van der Waals surface area contributed by atoms with Crippen molar-refractivity contribution in [1.29, 1.82) is 0 Å². The fourth-order valence-corrected chi connectivity index (χ4v) is 5.76. The number of carbonyl (C=O) groups excluding carboxylic acids is 1. The van der Waals surface area contributed by atoms with Crippen molar-refractivity contribution in [2.45, 2.75) is 23.8 Å². The first-order valence-corrected chi connectivity index (χ1v) is 10.7. The van der Waals surface area contributed by atoms with E-state index in [4.69, 9.17) is 11.6 Å². The smallest absolute Gasteiger partial charge is 0.263 e. The van der Waals surface area contributed by atoms with Gasteiger partial charge >= 0.3 is 0 Å². The maximum absolute atomic E-state index is 12.6. The van der Waals surface area contributed by atoms with E-state index in [0.717, 1.165) is 5.56 Å². The van der Waals surface area contributed by atoms with E-state index in [1.54, 1.807) is 17.0 Å². The number of likely N-dealkylation sites (tertiary alicyclic amines) is 1. The molecule has 1 aliphatic rings. The second-order valence-corrected chi connectivity index (χ2v) is 9.88. The second-order valence-electron chi connectivity index (χ2n) is 5.89. The number of benzene rings is 1. The van der Waals surface area contributed by atoms with Gasteiger partial charge in [0.2, 0.25) is 0 Å². The van der Waals surface area contributed by atoms with Crippen molar-refractivity contribution in [2.75, 3.05) is 13.1 Å². The molecular formula is C17H18ClNO3S2. The van der Waals surface area contributed by atoms with E-state index >= 15 is 0 Å². The molecule has 0 aliphatic carbocycles. The maximum Gasteiger partial charge on any atom is 0.263 e. The van der Waals surface area contributed by atoms with Crippen molar-refractivity contribution in [1.82, 2.24) is 4.90 Å². The van der Waals surface area contributed by atoms with E-state index in [-0.39, 0.29) is 16.9 Å². The predicted octanol–water partition coefficient (Wildman–Crippen LogP) is 3.62. The topological polar surface area (TPSA) is 54.5 Å². The van der Waals surface area contributed by atoms with E-state index in [9.17, 15) is 13.2 Å². The molecule has 0 N–H and O–H groups in total. The lowest BCUT2D eigenvalue weighted by atomic mass is 10.1. The summed E-state index contributed by atoms with van der Waals surface area (Å²) in [7, 11) is -3.20. The van der Waals surface area contributed by atoms with Crippen LogP contribution in [0.4, 0.5) is 0 Å². The fraction of sp³-hybridized carbons (Fsp3) is 0.353. The molecule has 2 aromatic rings. The minimum atomic E-state index is -3.20. The largest absolute Gasteiger partial charge is 0.338 e. The van der Waals surface area contributed by atoms with E-state index in [2.05, 4.69) is 0 Å². The molecule has 0 bridgehead atoms. The zero-order valence-electron chi connectivity index (χ0n) is 13.0. The summed E-state index contributed by atoms with van der Waals surface area (Å²) in [5, 5.41) is -0.381. The highest BCUT2D eigenvalue weighted by Gasteiger charge is 2.32. The number of thiophene rings is 1. The van der Waals surface area contributed by atoms with Crippen LogP contribution in [0.2, 0.25) is 4.34 Å². The molecule has 0 saturated carbocycles. The Morgan fingerprint density at radius 1 is 1.12 bits per heavy atom. The van der Waals surface area contributed by atoms with Gasteiger partial charge in [-0.1, -0.05) is 41.9 Å². The molecule has 0 radical (unpaired) electrons. The summed E-state index contributed by atoms with van der Waals surface area (Å²) in [6.45, 7) is 0.931. The zero-order chi connectivity index (χ0) is 17.2. The number of carbonyl (C=O) groups is 1. The number of hydrogen-bond donors (Lipinski definition) is 0. The number of rotatable bonds is 4. The molecule has 1 aromatic carbocycles.